The Labute approximate surface area is 117 Å². The van der Waals surface area contributed by atoms with Crippen LogP contribution < -0.4 is 4.78 Å². The lowest BCUT2D eigenvalue weighted by molar-refractivity contribution is -0.0981. The zero-order valence-corrected chi connectivity index (χ0v) is 12.6. The number of hydrogen-bond acceptors (Lipinski definition) is 6. The van der Waals surface area contributed by atoms with E-state index in [1.54, 1.807) is 39.8 Å². The van der Waals surface area contributed by atoms with Crippen LogP contribution in [0.2, 0.25) is 0 Å². The Hall–Kier alpha value is -0.885. The highest BCUT2D eigenvalue weighted by Gasteiger charge is 2.40. The average Bonchev–Trinajstić information content (AvgIpc) is 2.75. The largest absolute Gasteiger partial charge is 0.502 e. The van der Waals surface area contributed by atoms with Crippen molar-refractivity contribution in [1.29, 1.82) is 0 Å². The molecular weight excluding hydrogens is 267 g/mol. The quantitative estimate of drug-likeness (QED) is 0.618. The van der Waals surface area contributed by atoms with Gasteiger partial charge in [0.25, 0.3) is 0 Å². The molecule has 0 bridgehead atoms. The average molecular weight is 286 g/mol. The van der Waals surface area contributed by atoms with E-state index in [2.05, 4.69) is 4.74 Å². The summed E-state index contributed by atoms with van der Waals surface area (Å²) in [6.45, 7) is 6.58. The van der Waals surface area contributed by atoms with Gasteiger partial charge >= 0.3 is 13.1 Å². The summed E-state index contributed by atoms with van der Waals surface area (Å²) in [7, 11) is 0.0938. The lowest BCUT2D eigenvalue weighted by Crippen LogP contribution is -2.52. The van der Waals surface area contributed by atoms with Crippen LogP contribution in [0, 0.1) is 0 Å². The number of thiophene rings is 1. The Balaban J connectivity index is 2.82. The summed E-state index contributed by atoms with van der Waals surface area (Å²) in [4.78, 5) is 11.7. The van der Waals surface area contributed by atoms with Crippen LogP contribution in [0.3, 0.4) is 0 Å². The molecule has 0 radical (unpaired) electrons. The zero-order chi connectivity index (χ0) is 14.8. The van der Waals surface area contributed by atoms with E-state index in [9.17, 15) is 14.9 Å². The van der Waals surface area contributed by atoms with Crippen molar-refractivity contribution < 1.29 is 24.3 Å². The molecule has 0 saturated carbocycles. The second-order valence-electron chi connectivity index (χ2n) is 5.23. The molecule has 0 aliphatic rings. The van der Waals surface area contributed by atoms with Gasteiger partial charge < -0.3 is 19.5 Å². The molecule has 0 fully saturated rings. The van der Waals surface area contributed by atoms with Gasteiger partial charge in [0.2, 0.25) is 0 Å². The van der Waals surface area contributed by atoms with E-state index >= 15 is 0 Å². The molecule has 5 nitrogen and oxygen atoms in total. The third-order valence-electron chi connectivity index (χ3n) is 3.14. The maximum Gasteiger partial charge on any atom is 0.502 e. The lowest BCUT2D eigenvalue weighted by Gasteiger charge is -2.38. The minimum absolute atomic E-state index is 0.390. The highest BCUT2D eigenvalue weighted by Crippen LogP contribution is 2.25. The minimum Gasteiger partial charge on any atom is -0.465 e. The van der Waals surface area contributed by atoms with E-state index in [4.69, 9.17) is 4.65 Å². The first kappa shape index (κ1) is 16.2. The van der Waals surface area contributed by atoms with Gasteiger partial charge in [-0.25, -0.2) is 4.79 Å². The lowest BCUT2D eigenvalue weighted by atomic mass is 9.82. The molecule has 1 aromatic heterocycles. The number of carbonyl (C=O) groups excluding carboxylic acids is 1. The fraction of sp³-hybridized carbons (Fsp3) is 0.583. The van der Waals surface area contributed by atoms with Crippen LogP contribution in [-0.2, 0) is 9.39 Å². The van der Waals surface area contributed by atoms with Gasteiger partial charge in [-0.05, 0) is 33.8 Å². The number of ether oxygens (including phenoxy) is 1. The smallest absolute Gasteiger partial charge is 0.465 e. The molecule has 0 unspecified atom stereocenters. The van der Waals surface area contributed by atoms with Crippen molar-refractivity contribution in [1.82, 2.24) is 0 Å². The molecule has 0 aliphatic heterocycles. The van der Waals surface area contributed by atoms with Gasteiger partial charge in [0.05, 0.1) is 18.3 Å². The summed E-state index contributed by atoms with van der Waals surface area (Å²) in [5, 5.41) is 20.0. The van der Waals surface area contributed by atoms with Crippen LogP contribution in [0.15, 0.2) is 12.1 Å². The number of aliphatic hydroxyl groups is 1. The molecule has 0 spiro atoms. The fourth-order valence-corrected chi connectivity index (χ4v) is 2.02. The van der Waals surface area contributed by atoms with Gasteiger partial charge in [-0.3, -0.25) is 0 Å². The van der Waals surface area contributed by atoms with E-state index in [-0.39, 0.29) is 0 Å². The Kier molecular flexibility index (Phi) is 4.79. The molecule has 0 aromatic carbocycles. The number of methoxy groups -OCH3 is 1. The first-order chi connectivity index (χ1) is 8.58. The molecule has 1 rings (SSSR count). The first-order valence-corrected chi connectivity index (χ1v) is 6.66. The predicted octanol–water partition coefficient (Wildman–Crippen LogP) is 0.788. The van der Waals surface area contributed by atoms with Crippen LogP contribution in [-0.4, -0.2) is 41.5 Å². The molecule has 0 atom stereocenters. The van der Waals surface area contributed by atoms with E-state index < -0.39 is 24.3 Å². The summed E-state index contributed by atoms with van der Waals surface area (Å²) in [5.41, 5.74) is -2.06. The van der Waals surface area contributed by atoms with E-state index in [1.807, 2.05) is 0 Å². The summed E-state index contributed by atoms with van der Waals surface area (Å²) in [6.07, 6.45) is 0. The highest BCUT2D eigenvalue weighted by atomic mass is 32.1. The normalized spacial score (nSPS) is 12.4. The van der Waals surface area contributed by atoms with E-state index in [0.29, 0.717) is 9.65 Å². The SMILES string of the molecule is COC(=O)c1ccc(B(O)OC(C)(C)C(C)(C)O)s1. The van der Waals surface area contributed by atoms with E-state index in [1.165, 1.54) is 7.11 Å². The van der Waals surface area contributed by atoms with Gasteiger partial charge in [0.1, 0.15) is 4.88 Å². The van der Waals surface area contributed by atoms with Gasteiger partial charge in [0, 0.05) is 4.78 Å². The molecule has 19 heavy (non-hydrogen) atoms. The zero-order valence-electron chi connectivity index (χ0n) is 11.8. The van der Waals surface area contributed by atoms with Crippen molar-refractivity contribution >= 4 is 29.2 Å². The highest BCUT2D eigenvalue weighted by molar-refractivity contribution is 7.23. The maximum absolute atomic E-state index is 11.3. The van der Waals surface area contributed by atoms with Crippen LogP contribution in [0.1, 0.15) is 37.4 Å². The number of esters is 1. The topological polar surface area (TPSA) is 76.0 Å². The monoisotopic (exact) mass is 286 g/mol. The second-order valence-corrected chi connectivity index (χ2v) is 6.35. The van der Waals surface area contributed by atoms with Gasteiger partial charge in [-0.15, -0.1) is 11.3 Å². The Bertz CT molecular complexity index is 449. The predicted molar refractivity (Wildman–Crippen MR) is 74.7 cm³/mol. The summed E-state index contributed by atoms with van der Waals surface area (Å²) >= 11 is 1.09. The molecule has 106 valence electrons. The van der Waals surface area contributed by atoms with Crippen molar-refractivity contribution in [2.45, 2.75) is 38.9 Å². The maximum atomic E-state index is 11.3. The van der Waals surface area contributed by atoms with Gasteiger partial charge in [-0.1, -0.05) is 6.07 Å². The number of rotatable bonds is 5. The summed E-state index contributed by atoms with van der Waals surface area (Å²) in [6, 6.07) is 3.16. The number of hydrogen-bond donors (Lipinski definition) is 2. The standard InChI is InChI=1S/C12H19BO5S/c1-11(2,15)12(3,4)18-13(16)9-7-6-8(19-9)10(14)17-5/h6-7,15-16H,1-5H3. The van der Waals surface area contributed by atoms with Crippen molar-refractivity contribution in [2.75, 3.05) is 7.11 Å². The molecular formula is C12H19BO5S. The van der Waals surface area contributed by atoms with Crippen molar-refractivity contribution in [3.63, 3.8) is 0 Å². The summed E-state index contributed by atoms with van der Waals surface area (Å²) in [5.74, 6) is -0.454. The second kappa shape index (κ2) is 5.62. The molecule has 0 saturated heterocycles. The molecule has 0 amide bonds. The third-order valence-corrected chi connectivity index (χ3v) is 4.23. The Morgan fingerprint density at radius 1 is 1.32 bits per heavy atom. The Morgan fingerprint density at radius 2 is 1.89 bits per heavy atom. The Morgan fingerprint density at radius 3 is 2.37 bits per heavy atom. The molecule has 7 heteroatoms. The first-order valence-electron chi connectivity index (χ1n) is 5.85. The minimum atomic E-state index is -1.20. The van der Waals surface area contributed by atoms with Crippen molar-refractivity contribution in [3.05, 3.63) is 17.0 Å². The van der Waals surface area contributed by atoms with E-state index in [0.717, 1.165) is 11.3 Å². The number of carbonyl (C=O) groups is 1. The summed E-state index contributed by atoms with van der Waals surface area (Å²) < 4.78 is 10.6. The van der Waals surface area contributed by atoms with Gasteiger partial charge in [0.15, 0.2) is 0 Å². The van der Waals surface area contributed by atoms with Crippen LogP contribution in [0.5, 0.6) is 0 Å². The van der Waals surface area contributed by atoms with Gasteiger partial charge in [-0.2, -0.15) is 0 Å². The molecule has 1 heterocycles. The van der Waals surface area contributed by atoms with Crippen LogP contribution >= 0.6 is 11.3 Å². The van der Waals surface area contributed by atoms with Crippen LogP contribution in [0.25, 0.3) is 0 Å². The van der Waals surface area contributed by atoms with Crippen LogP contribution in [0.4, 0.5) is 0 Å². The molecule has 2 N–H and O–H groups in total. The molecule has 1 aromatic rings. The molecule has 0 aliphatic carbocycles. The fourth-order valence-electron chi connectivity index (χ4n) is 1.18. The van der Waals surface area contributed by atoms with Crippen molar-refractivity contribution in [2.24, 2.45) is 0 Å². The third kappa shape index (κ3) is 3.79. The van der Waals surface area contributed by atoms with Crippen molar-refractivity contribution in [3.8, 4) is 0 Å².